The minimum absolute atomic E-state index is 0.0164. The Bertz CT molecular complexity index is 994. The van der Waals surface area contributed by atoms with Crippen LogP contribution < -0.4 is 0 Å². The second-order valence-corrected chi connectivity index (χ2v) is 13.0. The van der Waals surface area contributed by atoms with E-state index in [2.05, 4.69) is 69.5 Å². The summed E-state index contributed by atoms with van der Waals surface area (Å²) >= 11 is 9.73. The molecular formula is C28H39BBrClN4O2. The first kappa shape index (κ1) is 28.6. The Balaban J connectivity index is 1.53. The molecular weight excluding hydrogens is 551 g/mol. The SMILES string of the molecule is CB(O)N1CCC(CC(=O)N2CCN(C(c3ccc(Cl)cc3)c3ccc(Br)cn3)C[C@@H]2C(C)(C)C)CC1. The molecule has 2 aliphatic heterocycles. The number of carbonyl (C=O) groups excluding carboxylic acids is 1. The van der Waals surface area contributed by atoms with Gasteiger partial charge in [-0.05, 0) is 89.8 Å². The maximum absolute atomic E-state index is 13.6. The van der Waals surface area contributed by atoms with Gasteiger partial charge in [-0.25, -0.2) is 0 Å². The van der Waals surface area contributed by atoms with E-state index in [4.69, 9.17) is 16.6 Å². The molecule has 0 radical (unpaired) electrons. The van der Waals surface area contributed by atoms with Crippen molar-refractivity contribution in [2.24, 2.45) is 11.3 Å². The minimum atomic E-state index is -0.413. The second-order valence-electron chi connectivity index (χ2n) is 11.6. The molecule has 2 aliphatic rings. The average Bonchev–Trinajstić information content (AvgIpc) is 2.86. The van der Waals surface area contributed by atoms with Gasteiger partial charge < -0.3 is 14.7 Å². The van der Waals surface area contributed by atoms with Gasteiger partial charge in [-0.1, -0.05) is 44.5 Å². The van der Waals surface area contributed by atoms with Crippen molar-refractivity contribution >= 4 is 40.5 Å². The van der Waals surface area contributed by atoms with Gasteiger partial charge in [0.05, 0.1) is 11.7 Å². The first-order chi connectivity index (χ1) is 17.5. The number of hydrogen-bond acceptors (Lipinski definition) is 5. The molecule has 2 atom stereocenters. The maximum Gasteiger partial charge on any atom is 0.376 e. The lowest BCUT2D eigenvalue weighted by atomic mass is 9.80. The Hall–Kier alpha value is -1.45. The van der Waals surface area contributed by atoms with Gasteiger partial charge in [0.2, 0.25) is 5.91 Å². The molecule has 9 heteroatoms. The van der Waals surface area contributed by atoms with Crippen molar-refractivity contribution in [3.63, 3.8) is 0 Å². The molecule has 0 saturated carbocycles. The monoisotopic (exact) mass is 588 g/mol. The third-order valence-corrected chi connectivity index (χ3v) is 8.68. The van der Waals surface area contributed by atoms with Gasteiger partial charge in [0.1, 0.15) is 0 Å². The van der Waals surface area contributed by atoms with Crippen LogP contribution in [0.4, 0.5) is 0 Å². The molecule has 200 valence electrons. The molecule has 0 bridgehead atoms. The Morgan fingerprint density at radius 3 is 2.38 bits per heavy atom. The predicted molar refractivity (Wildman–Crippen MR) is 155 cm³/mol. The van der Waals surface area contributed by atoms with Crippen molar-refractivity contribution in [3.8, 4) is 0 Å². The van der Waals surface area contributed by atoms with E-state index in [0.29, 0.717) is 23.9 Å². The van der Waals surface area contributed by atoms with Gasteiger partial charge in [0.15, 0.2) is 0 Å². The zero-order valence-corrected chi connectivity index (χ0v) is 24.7. The number of amides is 1. The van der Waals surface area contributed by atoms with Crippen LogP contribution >= 0.6 is 27.5 Å². The van der Waals surface area contributed by atoms with Crippen molar-refractivity contribution in [2.45, 2.75) is 58.9 Å². The largest absolute Gasteiger partial charge is 0.437 e. The molecule has 3 heterocycles. The molecule has 2 saturated heterocycles. The normalized spacial score (nSPS) is 21.2. The topological polar surface area (TPSA) is 59.9 Å². The Morgan fingerprint density at radius 2 is 1.81 bits per heavy atom. The molecule has 1 N–H and O–H groups in total. The lowest BCUT2D eigenvalue weighted by Gasteiger charge is -2.49. The fraction of sp³-hybridized carbons (Fsp3) is 0.571. The average molecular weight is 590 g/mol. The van der Waals surface area contributed by atoms with Crippen LogP contribution in [0.5, 0.6) is 0 Å². The lowest BCUT2D eigenvalue weighted by Crippen LogP contribution is -2.60. The van der Waals surface area contributed by atoms with Crippen molar-refractivity contribution in [2.75, 3.05) is 32.7 Å². The third kappa shape index (κ3) is 7.15. The van der Waals surface area contributed by atoms with Crippen LogP contribution in [0.15, 0.2) is 47.1 Å². The van der Waals surface area contributed by atoms with E-state index in [9.17, 15) is 9.82 Å². The second kappa shape index (κ2) is 12.2. The number of pyridine rings is 1. The van der Waals surface area contributed by atoms with Crippen LogP contribution in [0, 0.1) is 11.3 Å². The number of carbonyl (C=O) groups is 1. The van der Waals surface area contributed by atoms with Crippen LogP contribution in [-0.4, -0.2) is 76.3 Å². The number of aromatic nitrogens is 1. The Morgan fingerprint density at radius 1 is 1.14 bits per heavy atom. The summed E-state index contributed by atoms with van der Waals surface area (Å²) in [6, 6.07) is 12.2. The molecule has 2 aromatic rings. The summed E-state index contributed by atoms with van der Waals surface area (Å²) in [6.45, 7) is 12.5. The van der Waals surface area contributed by atoms with Crippen molar-refractivity contribution < 1.29 is 9.82 Å². The zero-order valence-electron chi connectivity index (χ0n) is 22.4. The van der Waals surface area contributed by atoms with Gasteiger partial charge in [0, 0.05) is 47.8 Å². The smallest absolute Gasteiger partial charge is 0.376 e. The summed E-state index contributed by atoms with van der Waals surface area (Å²) in [4.78, 5) is 25.1. The van der Waals surface area contributed by atoms with Crippen molar-refractivity contribution in [1.82, 2.24) is 19.6 Å². The van der Waals surface area contributed by atoms with Crippen molar-refractivity contribution in [1.29, 1.82) is 0 Å². The summed E-state index contributed by atoms with van der Waals surface area (Å²) < 4.78 is 0.952. The number of halogens is 2. The van der Waals surface area contributed by atoms with Gasteiger partial charge in [-0.15, -0.1) is 0 Å². The molecule has 4 rings (SSSR count). The quantitative estimate of drug-likeness (QED) is 0.460. The number of hydrogen-bond donors (Lipinski definition) is 1. The summed E-state index contributed by atoms with van der Waals surface area (Å²) in [5, 5.41) is 10.6. The molecule has 1 aromatic carbocycles. The van der Waals surface area contributed by atoms with Crippen molar-refractivity contribution in [3.05, 3.63) is 63.3 Å². The van der Waals surface area contributed by atoms with Crippen LogP contribution in [0.2, 0.25) is 11.8 Å². The highest BCUT2D eigenvalue weighted by Crippen LogP contribution is 2.36. The molecule has 1 aromatic heterocycles. The van der Waals surface area contributed by atoms with Crippen LogP contribution in [0.3, 0.4) is 0 Å². The number of benzene rings is 1. The molecule has 1 unspecified atom stereocenters. The van der Waals surface area contributed by atoms with E-state index in [1.54, 1.807) is 0 Å². The molecule has 0 spiro atoms. The minimum Gasteiger partial charge on any atom is -0.437 e. The molecule has 0 aliphatic carbocycles. The van der Waals surface area contributed by atoms with E-state index in [0.717, 1.165) is 54.8 Å². The van der Waals surface area contributed by atoms with Gasteiger partial charge in [-0.3, -0.25) is 14.7 Å². The lowest BCUT2D eigenvalue weighted by molar-refractivity contribution is -0.141. The van der Waals surface area contributed by atoms with Crippen LogP contribution in [0.25, 0.3) is 0 Å². The predicted octanol–water partition coefficient (Wildman–Crippen LogP) is 5.36. The fourth-order valence-corrected chi connectivity index (χ4v) is 6.10. The van der Waals surface area contributed by atoms with E-state index < -0.39 is 7.05 Å². The summed E-state index contributed by atoms with van der Waals surface area (Å²) in [5.41, 5.74) is 2.07. The number of nitrogens with zero attached hydrogens (tertiary/aromatic N) is 4. The summed E-state index contributed by atoms with van der Waals surface area (Å²) in [7, 11) is -0.413. The highest BCUT2D eigenvalue weighted by atomic mass is 79.9. The zero-order chi connectivity index (χ0) is 26.7. The van der Waals surface area contributed by atoms with E-state index in [1.807, 2.05) is 31.2 Å². The van der Waals surface area contributed by atoms with Crippen LogP contribution in [0.1, 0.15) is 57.3 Å². The Labute approximate surface area is 235 Å². The fourth-order valence-electron chi connectivity index (χ4n) is 5.74. The molecule has 1 amide bonds. The molecule has 6 nitrogen and oxygen atoms in total. The van der Waals surface area contributed by atoms with E-state index >= 15 is 0 Å². The van der Waals surface area contributed by atoms with Gasteiger partial charge in [-0.2, -0.15) is 0 Å². The maximum atomic E-state index is 13.6. The Kier molecular flexibility index (Phi) is 9.39. The number of piperazine rings is 1. The van der Waals surface area contributed by atoms with E-state index in [1.165, 1.54) is 0 Å². The number of rotatable bonds is 6. The third-order valence-electron chi connectivity index (χ3n) is 7.95. The number of piperidine rings is 1. The van der Waals surface area contributed by atoms with Gasteiger partial charge >= 0.3 is 7.05 Å². The highest BCUT2D eigenvalue weighted by Gasteiger charge is 2.41. The summed E-state index contributed by atoms with van der Waals surface area (Å²) in [6.07, 6.45) is 4.37. The first-order valence-corrected chi connectivity index (χ1v) is 14.5. The van der Waals surface area contributed by atoms with E-state index in [-0.39, 0.29) is 23.4 Å². The first-order valence-electron chi connectivity index (χ1n) is 13.4. The molecule has 37 heavy (non-hydrogen) atoms. The van der Waals surface area contributed by atoms with Gasteiger partial charge in [0.25, 0.3) is 0 Å². The standard InChI is InChI=1S/C28H39BBrClN4O2/c1-28(2,3)25-19-33(15-16-35(25)26(36)17-20-11-13-34(14-12-20)29(4)37)27(21-5-8-23(31)9-6-21)24-10-7-22(30)18-32-24/h5-10,18,20,25,27,37H,11-17,19H2,1-4H3/t25-,27?/m1/s1. The molecule has 2 fully saturated rings. The summed E-state index contributed by atoms with van der Waals surface area (Å²) in [5.74, 6) is 0.648. The highest BCUT2D eigenvalue weighted by molar-refractivity contribution is 9.10. The van der Waals surface area contributed by atoms with Crippen LogP contribution in [-0.2, 0) is 4.79 Å².